The molecule has 2 heterocycles. The topological polar surface area (TPSA) is 184 Å². The van der Waals surface area contributed by atoms with Gasteiger partial charge in [0.2, 0.25) is 0 Å². The molecular weight excluding hydrogens is 643 g/mol. The SMILES string of the molecule is COC(=O)c1cccc(CNc2cncc(-c3cccc(O)c3)c2)c1.O=C(O)c1cccc(CNc2cncc(-c3cccc(O)c3)c2)c1.[Li+].[OH-]. The average molecular weight is 679 g/mol. The summed E-state index contributed by atoms with van der Waals surface area (Å²) in [6.45, 7) is 1.04. The molecule has 0 aliphatic heterocycles. The fraction of sp³-hybridized carbons (Fsp3) is 0.0769. The molecule has 11 nitrogen and oxygen atoms in total. The summed E-state index contributed by atoms with van der Waals surface area (Å²) >= 11 is 0. The zero-order valence-corrected chi connectivity index (χ0v) is 28.0. The van der Waals surface area contributed by atoms with Crippen molar-refractivity contribution in [2.45, 2.75) is 13.1 Å². The van der Waals surface area contributed by atoms with Gasteiger partial charge in [0.25, 0.3) is 0 Å². The second-order valence-electron chi connectivity index (χ2n) is 10.9. The van der Waals surface area contributed by atoms with Crippen molar-refractivity contribution in [2.24, 2.45) is 0 Å². The maximum Gasteiger partial charge on any atom is 1.00 e. The molecule has 51 heavy (non-hydrogen) atoms. The minimum atomic E-state index is -0.940. The first-order chi connectivity index (χ1) is 23.8. The van der Waals surface area contributed by atoms with Crippen LogP contribution in [0, 0.1) is 0 Å². The third-order valence-electron chi connectivity index (χ3n) is 7.35. The van der Waals surface area contributed by atoms with Crippen molar-refractivity contribution in [1.82, 2.24) is 9.97 Å². The van der Waals surface area contributed by atoms with Crippen LogP contribution >= 0.6 is 0 Å². The second-order valence-corrected chi connectivity index (χ2v) is 10.9. The molecule has 0 bridgehead atoms. The minimum Gasteiger partial charge on any atom is -0.870 e. The number of aromatic hydroxyl groups is 2. The Bertz CT molecular complexity index is 2080. The molecule has 0 unspecified atom stereocenters. The molecule has 0 spiro atoms. The number of rotatable bonds is 10. The van der Waals surface area contributed by atoms with Crippen molar-refractivity contribution in [1.29, 1.82) is 0 Å². The summed E-state index contributed by atoms with van der Waals surface area (Å²) in [5, 5.41) is 34.8. The summed E-state index contributed by atoms with van der Waals surface area (Å²) in [5.74, 6) is -0.870. The van der Waals surface area contributed by atoms with Gasteiger partial charge >= 0.3 is 30.8 Å². The molecule has 12 heteroatoms. The minimum absolute atomic E-state index is 0. The number of pyridine rings is 2. The van der Waals surface area contributed by atoms with E-state index in [0.717, 1.165) is 44.8 Å². The number of carbonyl (C=O) groups excluding carboxylic acids is 1. The van der Waals surface area contributed by atoms with E-state index in [2.05, 4.69) is 20.6 Å². The van der Waals surface area contributed by atoms with Crippen LogP contribution in [0.25, 0.3) is 22.3 Å². The number of hydrogen-bond acceptors (Lipinski definition) is 10. The summed E-state index contributed by atoms with van der Waals surface area (Å²) in [7, 11) is 1.37. The molecule has 0 saturated heterocycles. The Morgan fingerprint density at radius 1 is 0.608 bits per heavy atom. The van der Waals surface area contributed by atoms with Crippen molar-refractivity contribution in [3.05, 3.63) is 156 Å². The van der Waals surface area contributed by atoms with Gasteiger partial charge in [0, 0.05) is 49.0 Å². The van der Waals surface area contributed by atoms with E-state index in [-0.39, 0.29) is 47.4 Å². The maximum atomic E-state index is 11.6. The van der Waals surface area contributed by atoms with Gasteiger partial charge in [-0.1, -0.05) is 48.5 Å². The number of hydrogen-bond donors (Lipinski definition) is 5. The molecule has 0 radical (unpaired) electrons. The van der Waals surface area contributed by atoms with E-state index in [1.54, 1.807) is 91.5 Å². The predicted octanol–water partition coefficient (Wildman–Crippen LogP) is 4.44. The van der Waals surface area contributed by atoms with Gasteiger partial charge < -0.3 is 36.2 Å². The molecule has 0 fully saturated rings. The van der Waals surface area contributed by atoms with Crippen molar-refractivity contribution >= 4 is 23.3 Å². The molecule has 254 valence electrons. The number of ether oxygens (including phenoxy) is 1. The van der Waals surface area contributed by atoms with Crippen LogP contribution in [-0.4, -0.2) is 49.8 Å². The van der Waals surface area contributed by atoms with Gasteiger partial charge in [-0.2, -0.15) is 0 Å². The quantitative estimate of drug-likeness (QED) is 0.102. The summed E-state index contributed by atoms with van der Waals surface area (Å²) < 4.78 is 4.74. The Morgan fingerprint density at radius 3 is 1.51 bits per heavy atom. The van der Waals surface area contributed by atoms with Crippen LogP contribution in [0.4, 0.5) is 11.4 Å². The largest absolute Gasteiger partial charge is 1.00 e. The van der Waals surface area contributed by atoms with Crippen LogP contribution in [0.5, 0.6) is 11.5 Å². The van der Waals surface area contributed by atoms with Crippen LogP contribution < -0.4 is 29.5 Å². The summed E-state index contributed by atoms with van der Waals surface area (Å²) in [4.78, 5) is 31.1. The smallest absolute Gasteiger partial charge is 0.870 e. The molecule has 0 saturated carbocycles. The van der Waals surface area contributed by atoms with Crippen LogP contribution in [0.3, 0.4) is 0 Å². The molecule has 6 N–H and O–H groups in total. The van der Waals surface area contributed by atoms with E-state index in [1.165, 1.54) is 7.11 Å². The standard InChI is InChI=1S/C20H18N2O3.C19H16N2O3.Li.H2O/c1-25-20(24)16-6-2-4-14(8-16)11-22-18-9-17(12-21-13-18)15-5-3-7-19(23)10-15;22-18-6-2-4-14(9-18)16-8-17(12-20-11-16)21-10-13-3-1-5-15(7-13)19(23)24;;/h2-10,12-13,22-23H,11H2,1H3;1-9,11-12,21-22H,10H2,(H,23,24);;1H2/q;;+1;/p-1. The number of nitrogens with zero attached hydrogens (tertiary/aromatic N) is 2. The van der Waals surface area contributed by atoms with Gasteiger partial charge in [0.15, 0.2) is 0 Å². The first-order valence-corrected chi connectivity index (χ1v) is 15.2. The Balaban J connectivity index is 0.000000265. The number of esters is 1. The molecule has 0 aliphatic rings. The fourth-order valence-electron chi connectivity index (χ4n) is 4.91. The molecule has 6 rings (SSSR count). The Hall–Kier alpha value is -6.12. The number of methoxy groups -OCH3 is 1. The number of carboxylic acids is 1. The molecular formula is C39H35LiN4O7. The zero-order valence-electron chi connectivity index (χ0n) is 28.0. The normalized spacial score (nSPS) is 9.90. The first-order valence-electron chi connectivity index (χ1n) is 15.2. The third kappa shape index (κ3) is 11.5. The molecule has 0 atom stereocenters. The number of carboxylic acid groups (broad SMARTS) is 1. The van der Waals surface area contributed by atoms with Crippen molar-refractivity contribution < 1.29 is 54.0 Å². The van der Waals surface area contributed by atoms with Crippen molar-refractivity contribution in [3.63, 3.8) is 0 Å². The Morgan fingerprint density at radius 2 is 1.06 bits per heavy atom. The van der Waals surface area contributed by atoms with Crippen LogP contribution in [-0.2, 0) is 17.8 Å². The van der Waals surface area contributed by atoms with Crippen LogP contribution in [0.2, 0.25) is 0 Å². The number of aromatic carboxylic acids is 1. The summed E-state index contributed by atoms with van der Waals surface area (Å²) in [6, 6.07) is 32.0. The van der Waals surface area contributed by atoms with E-state index in [9.17, 15) is 19.8 Å². The second kappa shape index (κ2) is 19.2. The number of benzene rings is 4. The van der Waals surface area contributed by atoms with Gasteiger partial charge in [0.05, 0.1) is 29.6 Å². The number of nitrogens with one attached hydrogen (secondary N) is 2. The summed E-state index contributed by atoms with van der Waals surface area (Å²) in [6.07, 6.45) is 6.91. The van der Waals surface area contributed by atoms with Gasteiger partial charge in [0.1, 0.15) is 11.5 Å². The number of carbonyl (C=O) groups is 2. The van der Waals surface area contributed by atoms with E-state index < -0.39 is 5.97 Å². The van der Waals surface area contributed by atoms with E-state index >= 15 is 0 Å². The Kier molecular flexibility index (Phi) is 14.8. The van der Waals surface area contributed by atoms with E-state index in [1.807, 2.05) is 42.5 Å². The van der Waals surface area contributed by atoms with Crippen LogP contribution in [0.1, 0.15) is 31.8 Å². The molecule has 4 aromatic carbocycles. The number of aromatic nitrogens is 2. The van der Waals surface area contributed by atoms with Gasteiger partial charge in [-0.15, -0.1) is 0 Å². The van der Waals surface area contributed by atoms with Crippen LogP contribution in [0.15, 0.2) is 134 Å². The van der Waals surface area contributed by atoms with Crippen molar-refractivity contribution in [2.75, 3.05) is 17.7 Å². The Labute approximate surface area is 307 Å². The van der Waals surface area contributed by atoms with Gasteiger partial charge in [-0.05, 0) is 82.9 Å². The summed E-state index contributed by atoms with van der Waals surface area (Å²) in [5.41, 5.74) is 7.85. The number of anilines is 2. The number of phenolic OH excluding ortho intramolecular Hbond substituents is 2. The molecule has 2 aromatic heterocycles. The monoisotopic (exact) mass is 678 g/mol. The molecule has 6 aromatic rings. The van der Waals surface area contributed by atoms with Gasteiger partial charge in [-0.3, -0.25) is 9.97 Å². The fourth-order valence-corrected chi connectivity index (χ4v) is 4.91. The predicted molar refractivity (Wildman–Crippen MR) is 190 cm³/mol. The van der Waals surface area contributed by atoms with E-state index in [0.29, 0.717) is 18.7 Å². The van der Waals surface area contributed by atoms with Gasteiger partial charge in [-0.25, -0.2) is 9.59 Å². The van der Waals surface area contributed by atoms with Crippen molar-refractivity contribution in [3.8, 4) is 33.8 Å². The zero-order chi connectivity index (χ0) is 34.6. The first kappa shape index (κ1) is 39.3. The average Bonchev–Trinajstić information content (AvgIpc) is 3.13. The maximum absolute atomic E-state index is 11.6. The third-order valence-corrected chi connectivity index (χ3v) is 7.35. The number of phenols is 2. The van der Waals surface area contributed by atoms with E-state index in [4.69, 9.17) is 9.84 Å². The molecule has 0 aliphatic carbocycles. The molecule has 0 amide bonds.